The minimum Gasteiger partial charge on any atom is -0.369 e. The minimum atomic E-state index is -0.942. The lowest BCUT2D eigenvalue weighted by atomic mass is 9.83. The molecule has 0 spiro atoms. The van der Waals surface area contributed by atoms with Crippen molar-refractivity contribution in [2.45, 2.75) is 24.8 Å². The number of rotatable bonds is 6. The summed E-state index contributed by atoms with van der Waals surface area (Å²) in [6.45, 7) is 0.466. The monoisotopic (exact) mass is 430 g/mol. The number of aliphatic imine (C=N–C) groups is 1. The molecule has 3 aromatic rings. The Hall–Kier alpha value is -3.18. The quantitative estimate of drug-likeness (QED) is 0.629. The fourth-order valence-corrected chi connectivity index (χ4v) is 4.57. The molecule has 1 aromatic heterocycles. The van der Waals surface area contributed by atoms with Crippen molar-refractivity contribution < 1.29 is 4.79 Å². The van der Waals surface area contributed by atoms with Crippen molar-refractivity contribution in [1.29, 1.82) is 0 Å². The van der Waals surface area contributed by atoms with Gasteiger partial charge in [0, 0.05) is 29.9 Å². The number of carbonyl (C=O) groups excluding carboxylic acids is 1. The third-order valence-corrected chi connectivity index (χ3v) is 6.32. The van der Waals surface area contributed by atoms with Gasteiger partial charge in [0.05, 0.1) is 0 Å². The summed E-state index contributed by atoms with van der Waals surface area (Å²) in [5.41, 5.74) is 9.19. The molecule has 0 saturated heterocycles. The minimum absolute atomic E-state index is 0.0355. The molecule has 2 heterocycles. The van der Waals surface area contributed by atoms with Crippen LogP contribution in [0.2, 0.25) is 5.02 Å². The molecular formula is C25H23ClN4O. The van der Waals surface area contributed by atoms with Crippen LogP contribution in [0.4, 0.5) is 0 Å². The molecule has 0 bridgehead atoms. The molecule has 5 rings (SSSR count). The number of halogens is 1. The summed E-state index contributed by atoms with van der Waals surface area (Å²) in [5, 5.41) is 0.680. The third kappa shape index (κ3) is 3.59. The zero-order valence-corrected chi connectivity index (χ0v) is 17.8. The smallest absolute Gasteiger partial charge is 0.262 e. The van der Waals surface area contributed by atoms with Crippen molar-refractivity contribution in [2.24, 2.45) is 16.6 Å². The molecule has 2 N–H and O–H groups in total. The Morgan fingerprint density at radius 1 is 1.03 bits per heavy atom. The highest BCUT2D eigenvalue weighted by atomic mass is 35.5. The molecule has 5 nitrogen and oxygen atoms in total. The van der Waals surface area contributed by atoms with Crippen molar-refractivity contribution in [2.75, 3.05) is 6.54 Å². The Kier molecular flexibility index (Phi) is 4.98. The molecule has 1 atom stereocenters. The van der Waals surface area contributed by atoms with Gasteiger partial charge in [0.1, 0.15) is 0 Å². The first-order valence-electron chi connectivity index (χ1n) is 10.5. The molecule has 1 aliphatic heterocycles. The fraction of sp³-hybridized carbons (Fsp3) is 0.240. The van der Waals surface area contributed by atoms with Gasteiger partial charge in [0.2, 0.25) is 0 Å². The van der Waals surface area contributed by atoms with Crippen LogP contribution in [0.25, 0.3) is 11.1 Å². The predicted molar refractivity (Wildman–Crippen MR) is 123 cm³/mol. The van der Waals surface area contributed by atoms with E-state index in [1.807, 2.05) is 60.7 Å². The topological polar surface area (TPSA) is 71.6 Å². The third-order valence-electron chi connectivity index (χ3n) is 6.09. The Morgan fingerprint density at radius 2 is 1.81 bits per heavy atom. The van der Waals surface area contributed by atoms with Crippen LogP contribution in [-0.2, 0) is 16.8 Å². The molecule has 1 amide bonds. The van der Waals surface area contributed by atoms with Gasteiger partial charge in [-0.15, -0.1) is 0 Å². The highest BCUT2D eigenvalue weighted by molar-refractivity contribution is 6.30. The van der Waals surface area contributed by atoms with Crippen LogP contribution < -0.4 is 5.73 Å². The average molecular weight is 431 g/mol. The second-order valence-corrected chi connectivity index (χ2v) is 8.57. The zero-order chi connectivity index (χ0) is 21.4. The van der Waals surface area contributed by atoms with Crippen LogP contribution in [0.15, 0.2) is 77.9 Å². The van der Waals surface area contributed by atoms with Crippen molar-refractivity contribution in [1.82, 2.24) is 9.88 Å². The molecule has 1 unspecified atom stereocenters. The van der Waals surface area contributed by atoms with E-state index in [4.69, 9.17) is 22.3 Å². The highest BCUT2D eigenvalue weighted by Crippen LogP contribution is 2.52. The Morgan fingerprint density at radius 3 is 2.52 bits per heavy atom. The van der Waals surface area contributed by atoms with Gasteiger partial charge in [-0.25, -0.2) is 4.99 Å². The summed E-state index contributed by atoms with van der Waals surface area (Å²) in [6.07, 6.45) is 4.33. The van der Waals surface area contributed by atoms with Gasteiger partial charge >= 0.3 is 0 Å². The first-order valence-corrected chi connectivity index (χ1v) is 10.9. The maximum Gasteiger partial charge on any atom is 0.262 e. The van der Waals surface area contributed by atoms with Crippen molar-refractivity contribution in [3.8, 4) is 11.1 Å². The van der Waals surface area contributed by atoms with Crippen LogP contribution in [0.1, 0.15) is 24.1 Å². The van der Waals surface area contributed by atoms with Crippen molar-refractivity contribution in [3.63, 3.8) is 0 Å². The van der Waals surface area contributed by atoms with E-state index in [1.165, 1.54) is 0 Å². The lowest BCUT2D eigenvalue weighted by Crippen LogP contribution is -2.45. The molecule has 2 aromatic carbocycles. The van der Waals surface area contributed by atoms with E-state index < -0.39 is 5.54 Å². The van der Waals surface area contributed by atoms with Gasteiger partial charge in [0.25, 0.3) is 5.91 Å². The molecule has 31 heavy (non-hydrogen) atoms. The van der Waals surface area contributed by atoms with E-state index in [9.17, 15) is 4.79 Å². The number of amides is 1. The predicted octanol–water partition coefficient (Wildman–Crippen LogP) is 4.41. The second kappa shape index (κ2) is 7.82. The molecule has 0 radical (unpaired) electrons. The van der Waals surface area contributed by atoms with E-state index in [0.29, 0.717) is 23.9 Å². The number of aromatic nitrogens is 1. The van der Waals surface area contributed by atoms with Gasteiger partial charge in [-0.2, -0.15) is 0 Å². The standard InChI is InChI=1S/C25H23ClN4O/c26-21-8-4-6-18(16-21)17-5-3-7-20(15-17)25(19-10-11-19)23(31)30(24(27)29-25)14-12-22-9-1-2-13-28-22/h1-9,13,15-16,19H,10-12,14H2,(H2,27,29). The normalized spacial score (nSPS) is 20.7. The van der Waals surface area contributed by atoms with Crippen LogP contribution in [0.5, 0.6) is 0 Å². The second-order valence-electron chi connectivity index (χ2n) is 8.13. The SMILES string of the molecule is NC1=NC(c2cccc(-c3cccc(Cl)c3)c2)(C2CC2)C(=O)N1CCc1ccccn1. The number of guanidine groups is 1. The van der Waals surface area contributed by atoms with Crippen molar-refractivity contribution in [3.05, 3.63) is 89.2 Å². The van der Waals surface area contributed by atoms with Gasteiger partial charge in [-0.3, -0.25) is 14.7 Å². The first-order chi connectivity index (χ1) is 15.1. The van der Waals surface area contributed by atoms with Crippen LogP contribution in [0, 0.1) is 5.92 Å². The maximum absolute atomic E-state index is 13.7. The summed E-state index contributed by atoms with van der Waals surface area (Å²) >= 11 is 6.19. The fourth-order valence-electron chi connectivity index (χ4n) is 4.38. The average Bonchev–Trinajstić information content (AvgIpc) is 3.60. The molecule has 2 aliphatic rings. The molecular weight excluding hydrogens is 408 g/mol. The van der Waals surface area contributed by atoms with Crippen LogP contribution >= 0.6 is 11.6 Å². The van der Waals surface area contributed by atoms with E-state index in [2.05, 4.69) is 11.1 Å². The van der Waals surface area contributed by atoms with Gasteiger partial charge in [-0.1, -0.05) is 48.0 Å². The van der Waals surface area contributed by atoms with Gasteiger partial charge in [-0.05, 0) is 65.8 Å². The summed E-state index contributed by atoms with van der Waals surface area (Å²) in [5.74, 6) is 0.431. The Balaban J connectivity index is 1.48. The van der Waals surface area contributed by atoms with E-state index in [1.54, 1.807) is 11.1 Å². The molecule has 1 saturated carbocycles. The van der Waals surface area contributed by atoms with E-state index in [-0.39, 0.29) is 11.8 Å². The summed E-state index contributed by atoms with van der Waals surface area (Å²) in [6, 6.07) is 21.6. The highest BCUT2D eigenvalue weighted by Gasteiger charge is 2.57. The molecule has 156 valence electrons. The summed E-state index contributed by atoms with van der Waals surface area (Å²) < 4.78 is 0. The lowest BCUT2D eigenvalue weighted by molar-refractivity contribution is -0.132. The summed E-state index contributed by atoms with van der Waals surface area (Å²) in [7, 11) is 0. The number of hydrogen-bond acceptors (Lipinski definition) is 4. The van der Waals surface area contributed by atoms with E-state index in [0.717, 1.165) is 35.2 Å². The summed E-state index contributed by atoms with van der Waals surface area (Å²) in [4.78, 5) is 24.5. The lowest BCUT2D eigenvalue weighted by Gasteiger charge is -2.27. The van der Waals surface area contributed by atoms with E-state index >= 15 is 0 Å². The number of carbonyl (C=O) groups is 1. The van der Waals surface area contributed by atoms with Crippen LogP contribution in [0.3, 0.4) is 0 Å². The van der Waals surface area contributed by atoms with Crippen LogP contribution in [-0.4, -0.2) is 28.3 Å². The largest absolute Gasteiger partial charge is 0.369 e. The Labute approximate surface area is 186 Å². The number of hydrogen-bond donors (Lipinski definition) is 1. The van der Waals surface area contributed by atoms with Gasteiger partial charge < -0.3 is 5.73 Å². The molecule has 6 heteroatoms. The Bertz CT molecular complexity index is 1160. The van der Waals surface area contributed by atoms with Gasteiger partial charge in [0.15, 0.2) is 11.5 Å². The molecule has 1 fully saturated rings. The first kappa shape index (κ1) is 19.8. The number of nitrogens with zero attached hydrogens (tertiary/aromatic N) is 3. The maximum atomic E-state index is 13.7. The molecule has 1 aliphatic carbocycles. The number of pyridine rings is 1. The number of nitrogens with two attached hydrogens (primary N) is 1. The zero-order valence-electron chi connectivity index (χ0n) is 17.0. The van der Waals surface area contributed by atoms with Crippen molar-refractivity contribution >= 4 is 23.5 Å². The number of benzene rings is 2.